The van der Waals surface area contributed by atoms with Gasteiger partial charge in [-0.3, -0.25) is 0 Å². The number of benzene rings is 1. The lowest BCUT2D eigenvalue weighted by Crippen LogP contribution is -2.09. The Balaban J connectivity index is 2.23. The van der Waals surface area contributed by atoms with E-state index in [1.807, 2.05) is 0 Å². The molecule has 5 nitrogen and oxygen atoms in total. The molecule has 0 unspecified atom stereocenters. The number of hydrogen-bond acceptors (Lipinski definition) is 3. The fourth-order valence-corrected chi connectivity index (χ4v) is 2.12. The molecule has 0 radical (unpaired) electrons. The van der Waals surface area contributed by atoms with Crippen LogP contribution in [-0.2, 0) is 6.18 Å². The van der Waals surface area contributed by atoms with E-state index in [-0.39, 0.29) is 22.6 Å². The molecule has 0 amide bonds. The molecule has 0 bridgehead atoms. The highest BCUT2D eigenvalue weighted by atomic mass is 19.4. The third-order valence-corrected chi connectivity index (χ3v) is 3.09. The van der Waals surface area contributed by atoms with Crippen molar-refractivity contribution >= 4 is 11.6 Å². The average Bonchev–Trinajstić information content (AvgIpc) is 2.89. The minimum atomic E-state index is -4.53. The van der Waals surface area contributed by atoms with Gasteiger partial charge in [-0.25, -0.2) is 14.3 Å². The quantitative estimate of drug-likeness (QED) is 0.790. The van der Waals surface area contributed by atoms with Gasteiger partial charge in [0.1, 0.15) is 0 Å². The number of hydrogen-bond donors (Lipinski definition) is 1. The number of aromatic nitrogens is 3. The molecule has 0 aliphatic carbocycles. The highest BCUT2D eigenvalue weighted by Gasteiger charge is 2.33. The molecule has 0 aliphatic rings. The van der Waals surface area contributed by atoms with Gasteiger partial charge in [0.15, 0.2) is 11.3 Å². The largest absolute Gasteiger partial charge is 0.476 e. The number of halogens is 3. The first-order chi connectivity index (χ1) is 10.4. The van der Waals surface area contributed by atoms with Crippen molar-refractivity contribution in [1.82, 2.24) is 14.6 Å². The molecule has 0 fully saturated rings. The Bertz CT molecular complexity index is 871. The summed E-state index contributed by atoms with van der Waals surface area (Å²) in [7, 11) is 0. The second kappa shape index (κ2) is 4.83. The van der Waals surface area contributed by atoms with Crippen molar-refractivity contribution in [3.63, 3.8) is 0 Å². The van der Waals surface area contributed by atoms with E-state index in [0.29, 0.717) is 0 Å². The average molecular weight is 307 g/mol. The SMILES string of the molecule is O=C(O)c1cnc2ccc(-c3ccccc3C(F)(F)F)nn12. The highest BCUT2D eigenvalue weighted by Crippen LogP contribution is 2.36. The lowest BCUT2D eigenvalue weighted by atomic mass is 10.0. The van der Waals surface area contributed by atoms with Crippen molar-refractivity contribution in [1.29, 1.82) is 0 Å². The van der Waals surface area contributed by atoms with Crippen molar-refractivity contribution < 1.29 is 23.1 Å². The fourth-order valence-electron chi connectivity index (χ4n) is 2.12. The van der Waals surface area contributed by atoms with Crippen molar-refractivity contribution in [2.24, 2.45) is 0 Å². The summed E-state index contributed by atoms with van der Waals surface area (Å²) < 4.78 is 40.2. The number of alkyl halides is 3. The van der Waals surface area contributed by atoms with E-state index in [9.17, 15) is 18.0 Å². The monoisotopic (exact) mass is 307 g/mol. The summed E-state index contributed by atoms with van der Waals surface area (Å²) in [5, 5.41) is 13.0. The van der Waals surface area contributed by atoms with Crippen LogP contribution in [0.4, 0.5) is 13.2 Å². The number of carboxylic acids is 1. The number of aromatic carboxylic acids is 1. The van der Waals surface area contributed by atoms with Crippen LogP contribution in [0.5, 0.6) is 0 Å². The Kier molecular flexibility index (Phi) is 3.09. The van der Waals surface area contributed by atoms with Crippen LogP contribution < -0.4 is 0 Å². The van der Waals surface area contributed by atoms with Gasteiger partial charge in [0.05, 0.1) is 17.5 Å². The standard InChI is InChI=1S/C14H8F3N3O2/c15-14(16,17)9-4-2-1-3-8(9)10-5-6-12-18-7-11(13(21)22)20(12)19-10/h1-7H,(H,21,22). The zero-order valence-corrected chi connectivity index (χ0v) is 10.9. The van der Waals surface area contributed by atoms with Crippen LogP contribution in [0.2, 0.25) is 0 Å². The molecule has 0 saturated carbocycles. The summed E-state index contributed by atoms with van der Waals surface area (Å²) in [5.41, 5.74) is -0.923. The molecule has 8 heteroatoms. The first-order valence-electron chi connectivity index (χ1n) is 6.12. The Morgan fingerprint density at radius 2 is 1.86 bits per heavy atom. The van der Waals surface area contributed by atoms with Gasteiger partial charge in [0.2, 0.25) is 0 Å². The van der Waals surface area contributed by atoms with Gasteiger partial charge in [-0.05, 0) is 18.2 Å². The molecule has 0 aliphatic heterocycles. The number of fused-ring (bicyclic) bond motifs is 1. The number of carboxylic acid groups (broad SMARTS) is 1. The summed E-state index contributed by atoms with van der Waals surface area (Å²) in [4.78, 5) is 14.9. The molecule has 22 heavy (non-hydrogen) atoms. The summed E-state index contributed by atoms with van der Waals surface area (Å²) in [5.74, 6) is -1.26. The zero-order chi connectivity index (χ0) is 15.9. The van der Waals surface area contributed by atoms with E-state index < -0.39 is 17.7 Å². The molecule has 0 atom stereocenters. The van der Waals surface area contributed by atoms with Crippen molar-refractivity contribution in [3.05, 3.63) is 53.9 Å². The van der Waals surface area contributed by atoms with E-state index >= 15 is 0 Å². The third-order valence-electron chi connectivity index (χ3n) is 3.09. The van der Waals surface area contributed by atoms with Crippen LogP contribution in [-0.4, -0.2) is 25.7 Å². The van der Waals surface area contributed by atoms with Crippen LogP contribution in [0.25, 0.3) is 16.9 Å². The predicted octanol–water partition coefficient (Wildman–Crippen LogP) is 3.11. The fraction of sp³-hybridized carbons (Fsp3) is 0.0714. The topological polar surface area (TPSA) is 67.5 Å². The summed E-state index contributed by atoms with van der Waals surface area (Å²) in [6.45, 7) is 0. The normalized spacial score (nSPS) is 11.8. The second-order valence-electron chi connectivity index (χ2n) is 4.48. The molecule has 3 aromatic rings. The van der Waals surface area contributed by atoms with Crippen molar-refractivity contribution in [3.8, 4) is 11.3 Å². The molecule has 3 rings (SSSR count). The van der Waals surface area contributed by atoms with Gasteiger partial charge >= 0.3 is 12.1 Å². The second-order valence-corrected chi connectivity index (χ2v) is 4.48. The number of carbonyl (C=O) groups is 1. The molecular formula is C14H8F3N3O2. The number of imidazole rings is 1. The Labute approximate surface area is 121 Å². The van der Waals surface area contributed by atoms with Gasteiger partial charge < -0.3 is 5.11 Å². The lowest BCUT2D eigenvalue weighted by molar-refractivity contribution is -0.137. The van der Waals surface area contributed by atoms with Gasteiger partial charge in [0, 0.05) is 5.56 Å². The van der Waals surface area contributed by atoms with E-state index in [0.717, 1.165) is 16.8 Å². The molecule has 0 spiro atoms. The lowest BCUT2D eigenvalue weighted by Gasteiger charge is -2.12. The van der Waals surface area contributed by atoms with E-state index in [1.54, 1.807) is 0 Å². The van der Waals surface area contributed by atoms with Gasteiger partial charge in [-0.15, -0.1) is 0 Å². The summed E-state index contributed by atoms with van der Waals surface area (Å²) in [6, 6.07) is 7.77. The van der Waals surface area contributed by atoms with Gasteiger partial charge in [-0.2, -0.15) is 18.3 Å². The van der Waals surface area contributed by atoms with Crippen molar-refractivity contribution in [2.75, 3.05) is 0 Å². The molecule has 0 saturated heterocycles. The maximum atomic E-state index is 13.1. The molecule has 2 heterocycles. The molecule has 1 aromatic carbocycles. The van der Waals surface area contributed by atoms with E-state index in [1.165, 1.54) is 30.3 Å². The molecular weight excluding hydrogens is 299 g/mol. The van der Waals surface area contributed by atoms with Crippen LogP contribution >= 0.6 is 0 Å². The van der Waals surface area contributed by atoms with Crippen LogP contribution in [0.3, 0.4) is 0 Å². The van der Waals surface area contributed by atoms with Crippen molar-refractivity contribution in [2.45, 2.75) is 6.18 Å². The van der Waals surface area contributed by atoms with E-state index in [4.69, 9.17) is 5.11 Å². The molecule has 1 N–H and O–H groups in total. The molecule has 2 aromatic heterocycles. The summed E-state index contributed by atoms with van der Waals surface area (Å²) in [6.07, 6.45) is -3.43. The Morgan fingerprint density at radius 3 is 2.55 bits per heavy atom. The Morgan fingerprint density at radius 1 is 1.14 bits per heavy atom. The minimum absolute atomic E-state index is 0.0147. The van der Waals surface area contributed by atoms with Gasteiger partial charge in [0.25, 0.3) is 0 Å². The van der Waals surface area contributed by atoms with E-state index in [2.05, 4.69) is 10.1 Å². The van der Waals surface area contributed by atoms with Crippen LogP contribution in [0.15, 0.2) is 42.6 Å². The zero-order valence-electron chi connectivity index (χ0n) is 10.9. The maximum absolute atomic E-state index is 13.1. The number of rotatable bonds is 2. The smallest absolute Gasteiger partial charge is 0.417 e. The molecule has 112 valence electrons. The maximum Gasteiger partial charge on any atom is 0.417 e. The first-order valence-corrected chi connectivity index (χ1v) is 6.12. The minimum Gasteiger partial charge on any atom is -0.476 e. The Hall–Kier alpha value is -2.90. The predicted molar refractivity (Wildman–Crippen MR) is 70.4 cm³/mol. The third kappa shape index (κ3) is 2.28. The van der Waals surface area contributed by atoms with Crippen LogP contribution in [0.1, 0.15) is 16.1 Å². The van der Waals surface area contributed by atoms with Crippen LogP contribution in [0, 0.1) is 0 Å². The van der Waals surface area contributed by atoms with Gasteiger partial charge in [-0.1, -0.05) is 18.2 Å². The first kappa shape index (κ1) is 14.1. The summed E-state index contributed by atoms with van der Waals surface area (Å²) >= 11 is 0. The number of nitrogens with zero attached hydrogens (tertiary/aromatic N) is 3. The highest BCUT2D eigenvalue weighted by molar-refractivity contribution is 5.86.